The van der Waals surface area contributed by atoms with Gasteiger partial charge < -0.3 is 20.9 Å². The number of rotatable bonds is 5. The molecule has 3 heterocycles. The Kier molecular flexibility index (Phi) is 5.08. The van der Waals surface area contributed by atoms with Gasteiger partial charge in [0.15, 0.2) is 0 Å². The van der Waals surface area contributed by atoms with E-state index in [2.05, 4.69) is 10.3 Å². The quantitative estimate of drug-likeness (QED) is 0.780. The number of nitrogens with zero attached hydrogens (tertiary/aromatic N) is 2. The van der Waals surface area contributed by atoms with E-state index in [9.17, 15) is 0 Å². The largest absolute Gasteiger partial charge is 0.397 e. The molecule has 1 aliphatic rings. The van der Waals surface area contributed by atoms with Crippen molar-refractivity contribution in [2.24, 2.45) is 0 Å². The maximum Gasteiger partial charge on any atom is 0.126 e. The van der Waals surface area contributed by atoms with Gasteiger partial charge in [0, 0.05) is 24.0 Å². The topological polar surface area (TPSA) is 93.3 Å². The van der Waals surface area contributed by atoms with Crippen LogP contribution in [0.5, 0.6) is 0 Å². The third kappa shape index (κ3) is 3.55. The number of hydrogen-bond donors (Lipinski definition) is 3. The van der Waals surface area contributed by atoms with Gasteiger partial charge in [-0.05, 0) is 42.7 Å². The Morgan fingerprint density at radius 2 is 2.25 bits per heavy atom. The van der Waals surface area contributed by atoms with Crippen LogP contribution in [0, 0.1) is 6.92 Å². The SMILES string of the molecule is Cc1nc(C2=CCOCC2)c(N)cc1-c1ccnc(NCCO)c1. The van der Waals surface area contributed by atoms with E-state index in [1.54, 1.807) is 6.20 Å². The van der Waals surface area contributed by atoms with E-state index in [0.717, 1.165) is 40.3 Å². The fourth-order valence-corrected chi connectivity index (χ4v) is 2.79. The standard InChI is InChI=1S/C18H22N4O2/c1-12-15(14-2-5-20-17(10-14)21-6-7-23)11-16(19)18(22-12)13-3-8-24-9-4-13/h2-3,5,10-11,23H,4,6-9,19H2,1H3,(H,20,21). The molecule has 0 fully saturated rings. The van der Waals surface area contributed by atoms with Crippen LogP contribution in [-0.2, 0) is 4.74 Å². The Balaban J connectivity index is 1.94. The highest BCUT2D eigenvalue weighted by atomic mass is 16.5. The number of nitrogen functional groups attached to an aromatic ring is 1. The number of hydrogen-bond acceptors (Lipinski definition) is 6. The van der Waals surface area contributed by atoms with Crippen molar-refractivity contribution < 1.29 is 9.84 Å². The lowest BCUT2D eigenvalue weighted by molar-refractivity contribution is 0.161. The highest BCUT2D eigenvalue weighted by molar-refractivity contribution is 5.79. The van der Waals surface area contributed by atoms with Crippen LogP contribution >= 0.6 is 0 Å². The average molecular weight is 326 g/mol. The third-order valence-corrected chi connectivity index (χ3v) is 4.00. The minimum absolute atomic E-state index is 0.0625. The van der Waals surface area contributed by atoms with E-state index in [1.807, 2.05) is 31.2 Å². The number of anilines is 2. The molecular formula is C18H22N4O2. The van der Waals surface area contributed by atoms with E-state index < -0.39 is 0 Å². The first-order chi connectivity index (χ1) is 11.7. The molecule has 6 heteroatoms. The summed E-state index contributed by atoms with van der Waals surface area (Å²) in [6, 6.07) is 5.84. The fourth-order valence-electron chi connectivity index (χ4n) is 2.79. The summed E-state index contributed by atoms with van der Waals surface area (Å²) in [4.78, 5) is 8.98. The van der Waals surface area contributed by atoms with Crippen LogP contribution in [-0.4, -0.2) is 41.4 Å². The molecule has 0 amide bonds. The molecule has 24 heavy (non-hydrogen) atoms. The van der Waals surface area contributed by atoms with Gasteiger partial charge in [-0.25, -0.2) is 4.98 Å². The van der Waals surface area contributed by atoms with Gasteiger partial charge in [0.05, 0.1) is 31.2 Å². The maximum absolute atomic E-state index is 8.92. The smallest absolute Gasteiger partial charge is 0.126 e. The number of nitrogens with one attached hydrogen (secondary N) is 1. The van der Waals surface area contributed by atoms with Gasteiger partial charge in [-0.15, -0.1) is 0 Å². The van der Waals surface area contributed by atoms with Crippen LogP contribution < -0.4 is 11.1 Å². The lowest BCUT2D eigenvalue weighted by Crippen LogP contribution is -2.08. The van der Waals surface area contributed by atoms with Crippen LogP contribution in [0.2, 0.25) is 0 Å². The highest BCUT2D eigenvalue weighted by Gasteiger charge is 2.14. The summed E-state index contributed by atoms with van der Waals surface area (Å²) < 4.78 is 5.35. The summed E-state index contributed by atoms with van der Waals surface area (Å²) in [5, 5.41) is 12.0. The summed E-state index contributed by atoms with van der Waals surface area (Å²) in [7, 11) is 0. The number of aliphatic hydroxyl groups is 1. The van der Waals surface area contributed by atoms with Crippen molar-refractivity contribution in [3.63, 3.8) is 0 Å². The summed E-state index contributed by atoms with van der Waals surface area (Å²) in [5.74, 6) is 0.718. The number of aliphatic hydroxyl groups excluding tert-OH is 1. The van der Waals surface area contributed by atoms with E-state index in [-0.39, 0.29) is 6.61 Å². The molecule has 0 spiro atoms. The zero-order chi connectivity index (χ0) is 16.9. The van der Waals surface area contributed by atoms with E-state index >= 15 is 0 Å². The Hall–Kier alpha value is -2.44. The molecule has 6 nitrogen and oxygen atoms in total. The molecular weight excluding hydrogens is 304 g/mol. The Bertz CT molecular complexity index is 759. The van der Waals surface area contributed by atoms with Crippen LogP contribution in [0.4, 0.5) is 11.5 Å². The van der Waals surface area contributed by atoms with E-state index in [4.69, 9.17) is 20.6 Å². The second kappa shape index (κ2) is 7.42. The van der Waals surface area contributed by atoms with Crippen molar-refractivity contribution in [3.8, 4) is 11.1 Å². The summed E-state index contributed by atoms with van der Waals surface area (Å²) in [5.41, 5.74) is 11.8. The molecule has 2 aromatic heterocycles. The number of nitrogens with two attached hydrogens (primary N) is 1. The van der Waals surface area contributed by atoms with Crippen molar-refractivity contribution in [1.29, 1.82) is 0 Å². The fraction of sp³-hybridized carbons (Fsp3) is 0.333. The minimum Gasteiger partial charge on any atom is -0.397 e. The second-order valence-corrected chi connectivity index (χ2v) is 5.69. The van der Waals surface area contributed by atoms with Crippen molar-refractivity contribution in [2.45, 2.75) is 13.3 Å². The molecule has 0 saturated heterocycles. The number of ether oxygens (including phenoxy) is 1. The predicted molar refractivity (Wildman–Crippen MR) is 95.6 cm³/mol. The predicted octanol–water partition coefficient (Wildman–Crippen LogP) is 2.24. The molecule has 126 valence electrons. The van der Waals surface area contributed by atoms with Gasteiger partial charge in [-0.2, -0.15) is 0 Å². The lowest BCUT2D eigenvalue weighted by Gasteiger charge is -2.17. The molecule has 4 N–H and O–H groups in total. The summed E-state index contributed by atoms with van der Waals surface area (Å²) in [6.45, 7) is 3.83. The second-order valence-electron chi connectivity index (χ2n) is 5.69. The number of aromatic nitrogens is 2. The first kappa shape index (κ1) is 16.4. The van der Waals surface area contributed by atoms with Gasteiger partial charge in [-0.3, -0.25) is 4.98 Å². The van der Waals surface area contributed by atoms with Crippen LogP contribution in [0.15, 0.2) is 30.5 Å². The van der Waals surface area contributed by atoms with Crippen molar-refractivity contribution in [3.05, 3.63) is 41.9 Å². The molecule has 0 aromatic carbocycles. The molecule has 0 bridgehead atoms. The van der Waals surface area contributed by atoms with E-state index in [1.165, 1.54) is 0 Å². The van der Waals surface area contributed by atoms with Gasteiger partial charge in [0.1, 0.15) is 5.82 Å². The minimum atomic E-state index is 0.0625. The first-order valence-electron chi connectivity index (χ1n) is 8.04. The van der Waals surface area contributed by atoms with Crippen LogP contribution in [0.25, 0.3) is 16.7 Å². The zero-order valence-corrected chi connectivity index (χ0v) is 13.7. The van der Waals surface area contributed by atoms with Gasteiger partial charge in [0.25, 0.3) is 0 Å². The molecule has 0 radical (unpaired) electrons. The van der Waals surface area contributed by atoms with Crippen molar-refractivity contribution >= 4 is 17.1 Å². The molecule has 0 aliphatic carbocycles. The molecule has 0 unspecified atom stereocenters. The van der Waals surface area contributed by atoms with Gasteiger partial charge in [0.2, 0.25) is 0 Å². The van der Waals surface area contributed by atoms with Crippen LogP contribution in [0.3, 0.4) is 0 Å². The number of aryl methyl sites for hydroxylation is 1. The van der Waals surface area contributed by atoms with Crippen LogP contribution in [0.1, 0.15) is 17.8 Å². The molecule has 0 atom stereocenters. The average Bonchev–Trinajstić information content (AvgIpc) is 2.62. The normalized spacial score (nSPS) is 14.3. The zero-order valence-electron chi connectivity index (χ0n) is 13.7. The summed E-state index contributed by atoms with van der Waals surface area (Å²) in [6.07, 6.45) is 4.62. The highest BCUT2D eigenvalue weighted by Crippen LogP contribution is 2.31. The van der Waals surface area contributed by atoms with Gasteiger partial charge >= 0.3 is 0 Å². The Morgan fingerprint density at radius 1 is 1.38 bits per heavy atom. The maximum atomic E-state index is 8.92. The lowest BCUT2D eigenvalue weighted by atomic mass is 10.00. The van der Waals surface area contributed by atoms with E-state index in [0.29, 0.717) is 25.4 Å². The monoisotopic (exact) mass is 326 g/mol. The molecule has 0 saturated carbocycles. The van der Waals surface area contributed by atoms with Gasteiger partial charge in [-0.1, -0.05) is 6.08 Å². The van der Waals surface area contributed by atoms with Crippen molar-refractivity contribution in [2.75, 3.05) is 37.4 Å². The number of pyridine rings is 2. The molecule has 1 aliphatic heterocycles. The molecule has 2 aromatic rings. The molecule has 3 rings (SSSR count). The third-order valence-electron chi connectivity index (χ3n) is 4.00. The Labute approximate surface area is 141 Å². The first-order valence-corrected chi connectivity index (χ1v) is 8.04. The summed E-state index contributed by atoms with van der Waals surface area (Å²) >= 11 is 0. The van der Waals surface area contributed by atoms with Crippen molar-refractivity contribution in [1.82, 2.24) is 9.97 Å². The Morgan fingerprint density at radius 3 is 3.00 bits per heavy atom.